The van der Waals surface area contributed by atoms with Crippen molar-refractivity contribution in [2.45, 2.75) is 53.1 Å². The molecule has 1 amide bonds. The monoisotopic (exact) mass is 317 g/mol. The molecule has 1 heterocycles. The highest BCUT2D eigenvalue weighted by Gasteiger charge is 2.35. The summed E-state index contributed by atoms with van der Waals surface area (Å²) in [6.07, 6.45) is 2.24. The normalized spacial score (nSPS) is 18.3. The lowest BCUT2D eigenvalue weighted by atomic mass is 9.81. The quantitative estimate of drug-likeness (QED) is 0.890. The van der Waals surface area contributed by atoms with Gasteiger partial charge in [0.15, 0.2) is 0 Å². The lowest BCUT2D eigenvalue weighted by Crippen LogP contribution is -2.46. The third-order valence-corrected chi connectivity index (χ3v) is 4.91. The van der Waals surface area contributed by atoms with Crippen molar-refractivity contribution < 1.29 is 9.90 Å². The van der Waals surface area contributed by atoms with E-state index in [1.807, 2.05) is 35.2 Å². The molecule has 0 aromatic heterocycles. The Kier molecular flexibility index (Phi) is 5.85. The average molecular weight is 317 g/mol. The van der Waals surface area contributed by atoms with Crippen LogP contribution in [-0.4, -0.2) is 29.0 Å². The number of rotatable bonds is 5. The predicted molar refractivity (Wildman–Crippen MR) is 93.9 cm³/mol. The first-order valence-electron chi connectivity index (χ1n) is 8.83. The standard InChI is InChI=1S/C20H31NO2/c1-15(2)14-20(3,4)19(23)21-12-10-17(11-13-21)18(22)16-8-6-5-7-9-16/h5-9,15,17-18,22H,10-14H2,1-4H3. The van der Waals surface area contributed by atoms with Crippen molar-refractivity contribution in [3.8, 4) is 0 Å². The number of hydrogen-bond donors (Lipinski definition) is 1. The van der Waals surface area contributed by atoms with Gasteiger partial charge in [0.05, 0.1) is 6.10 Å². The third kappa shape index (κ3) is 4.57. The second-order valence-corrected chi connectivity index (χ2v) is 7.97. The van der Waals surface area contributed by atoms with Crippen molar-refractivity contribution in [1.29, 1.82) is 0 Å². The fourth-order valence-corrected chi connectivity index (χ4v) is 3.88. The number of amides is 1. The molecule has 1 aromatic rings. The van der Waals surface area contributed by atoms with Crippen molar-refractivity contribution in [3.05, 3.63) is 35.9 Å². The SMILES string of the molecule is CC(C)CC(C)(C)C(=O)N1CCC(C(O)c2ccccc2)CC1. The van der Waals surface area contributed by atoms with Crippen molar-refractivity contribution >= 4 is 5.91 Å². The maximum Gasteiger partial charge on any atom is 0.228 e. The average Bonchev–Trinajstić information content (AvgIpc) is 2.53. The maximum atomic E-state index is 12.8. The highest BCUT2D eigenvalue weighted by atomic mass is 16.3. The molecule has 3 heteroatoms. The van der Waals surface area contributed by atoms with Gasteiger partial charge in [-0.2, -0.15) is 0 Å². The molecule has 23 heavy (non-hydrogen) atoms. The number of likely N-dealkylation sites (tertiary alicyclic amines) is 1. The molecule has 1 aromatic carbocycles. The molecule has 2 rings (SSSR count). The first-order chi connectivity index (χ1) is 10.8. The molecule has 0 bridgehead atoms. The fourth-order valence-electron chi connectivity index (χ4n) is 3.88. The Morgan fingerprint density at radius 1 is 1.22 bits per heavy atom. The summed E-state index contributed by atoms with van der Waals surface area (Å²) < 4.78 is 0. The largest absolute Gasteiger partial charge is 0.388 e. The van der Waals surface area contributed by atoms with E-state index >= 15 is 0 Å². The molecule has 3 nitrogen and oxygen atoms in total. The molecule has 0 aliphatic carbocycles. The van der Waals surface area contributed by atoms with Crippen molar-refractivity contribution in [1.82, 2.24) is 4.90 Å². The van der Waals surface area contributed by atoms with E-state index in [1.54, 1.807) is 0 Å². The van der Waals surface area contributed by atoms with Gasteiger partial charge in [-0.3, -0.25) is 4.79 Å². The number of carbonyl (C=O) groups is 1. The Bertz CT molecular complexity index is 502. The molecule has 0 saturated carbocycles. The fraction of sp³-hybridized carbons (Fsp3) is 0.650. The molecule has 1 N–H and O–H groups in total. The number of hydrogen-bond acceptors (Lipinski definition) is 2. The van der Waals surface area contributed by atoms with Crippen molar-refractivity contribution in [3.63, 3.8) is 0 Å². The molecule has 1 atom stereocenters. The number of aliphatic hydroxyl groups excluding tert-OH is 1. The number of carbonyl (C=O) groups excluding carboxylic acids is 1. The molecule has 1 fully saturated rings. The van der Waals surface area contributed by atoms with Crippen LogP contribution in [-0.2, 0) is 4.79 Å². The zero-order chi connectivity index (χ0) is 17.0. The minimum atomic E-state index is -0.419. The molecular formula is C20H31NO2. The Labute approximate surface area is 140 Å². The summed E-state index contributed by atoms with van der Waals surface area (Å²) >= 11 is 0. The highest BCUT2D eigenvalue weighted by molar-refractivity contribution is 5.82. The van der Waals surface area contributed by atoms with E-state index in [9.17, 15) is 9.90 Å². The van der Waals surface area contributed by atoms with E-state index in [0.29, 0.717) is 5.92 Å². The van der Waals surface area contributed by atoms with Crippen LogP contribution in [0.4, 0.5) is 0 Å². The van der Waals surface area contributed by atoms with E-state index in [4.69, 9.17) is 0 Å². The maximum absolute atomic E-state index is 12.8. The molecule has 0 radical (unpaired) electrons. The lowest BCUT2D eigenvalue weighted by molar-refractivity contribution is -0.143. The summed E-state index contributed by atoms with van der Waals surface area (Å²) in [7, 11) is 0. The van der Waals surface area contributed by atoms with Crippen LogP contribution in [0.1, 0.15) is 58.6 Å². The number of aliphatic hydroxyl groups is 1. The Morgan fingerprint density at radius 3 is 2.30 bits per heavy atom. The first kappa shape index (κ1) is 18.0. The second kappa shape index (κ2) is 7.48. The summed E-state index contributed by atoms with van der Waals surface area (Å²) in [6, 6.07) is 9.85. The van der Waals surface area contributed by atoms with Crippen LogP contribution in [0.25, 0.3) is 0 Å². The van der Waals surface area contributed by atoms with Gasteiger partial charge < -0.3 is 10.0 Å². The number of piperidine rings is 1. The Morgan fingerprint density at radius 2 is 1.78 bits per heavy atom. The van der Waals surface area contributed by atoms with Gasteiger partial charge in [-0.15, -0.1) is 0 Å². The van der Waals surface area contributed by atoms with Gasteiger partial charge in [0.25, 0.3) is 0 Å². The van der Waals surface area contributed by atoms with Gasteiger partial charge in [-0.1, -0.05) is 58.0 Å². The molecule has 1 aliphatic heterocycles. The summed E-state index contributed by atoms with van der Waals surface area (Å²) in [5.41, 5.74) is 0.691. The highest BCUT2D eigenvalue weighted by Crippen LogP contribution is 2.33. The minimum Gasteiger partial charge on any atom is -0.388 e. The zero-order valence-electron chi connectivity index (χ0n) is 15.0. The van der Waals surface area contributed by atoms with Crippen LogP contribution >= 0.6 is 0 Å². The minimum absolute atomic E-state index is 0.245. The van der Waals surface area contributed by atoms with Gasteiger partial charge in [0, 0.05) is 18.5 Å². The third-order valence-electron chi connectivity index (χ3n) is 4.91. The number of benzene rings is 1. The van der Waals surface area contributed by atoms with Crippen LogP contribution in [0.3, 0.4) is 0 Å². The topological polar surface area (TPSA) is 40.5 Å². The summed E-state index contributed by atoms with van der Waals surface area (Å²) in [5, 5.41) is 10.5. The first-order valence-corrected chi connectivity index (χ1v) is 8.83. The van der Waals surface area contributed by atoms with E-state index in [1.165, 1.54) is 0 Å². The molecule has 1 unspecified atom stereocenters. The Balaban J connectivity index is 1.92. The van der Waals surface area contributed by atoms with Gasteiger partial charge in [-0.25, -0.2) is 0 Å². The lowest BCUT2D eigenvalue weighted by Gasteiger charge is -2.38. The van der Waals surface area contributed by atoms with Crippen LogP contribution in [0, 0.1) is 17.3 Å². The summed E-state index contributed by atoms with van der Waals surface area (Å²) in [6.45, 7) is 9.96. The van der Waals surface area contributed by atoms with Crippen LogP contribution in [0.2, 0.25) is 0 Å². The number of nitrogens with zero attached hydrogens (tertiary/aromatic N) is 1. The molecule has 1 saturated heterocycles. The van der Waals surface area contributed by atoms with E-state index in [-0.39, 0.29) is 17.2 Å². The second-order valence-electron chi connectivity index (χ2n) is 7.97. The summed E-state index contributed by atoms with van der Waals surface area (Å²) in [4.78, 5) is 14.8. The Hall–Kier alpha value is -1.35. The van der Waals surface area contributed by atoms with E-state index in [0.717, 1.165) is 37.9 Å². The van der Waals surface area contributed by atoms with Crippen LogP contribution in [0.15, 0.2) is 30.3 Å². The summed E-state index contributed by atoms with van der Waals surface area (Å²) in [5.74, 6) is 1.03. The van der Waals surface area contributed by atoms with Crippen LogP contribution in [0.5, 0.6) is 0 Å². The smallest absolute Gasteiger partial charge is 0.228 e. The van der Waals surface area contributed by atoms with Gasteiger partial charge in [0.2, 0.25) is 5.91 Å². The predicted octanol–water partition coefficient (Wildman–Crippen LogP) is 4.03. The zero-order valence-corrected chi connectivity index (χ0v) is 15.0. The molecule has 1 aliphatic rings. The van der Waals surface area contributed by atoms with Gasteiger partial charge in [0.1, 0.15) is 0 Å². The van der Waals surface area contributed by atoms with Crippen LogP contribution < -0.4 is 0 Å². The van der Waals surface area contributed by atoms with E-state index in [2.05, 4.69) is 27.7 Å². The molecular weight excluding hydrogens is 286 g/mol. The van der Waals surface area contributed by atoms with Crippen molar-refractivity contribution in [2.24, 2.45) is 17.3 Å². The molecule has 0 spiro atoms. The molecule has 128 valence electrons. The van der Waals surface area contributed by atoms with Gasteiger partial charge >= 0.3 is 0 Å². The van der Waals surface area contributed by atoms with Gasteiger partial charge in [-0.05, 0) is 36.7 Å². The van der Waals surface area contributed by atoms with E-state index < -0.39 is 6.10 Å². The van der Waals surface area contributed by atoms with Crippen molar-refractivity contribution in [2.75, 3.05) is 13.1 Å².